The monoisotopic (exact) mass is 295 g/mol. The van der Waals surface area contributed by atoms with Crippen LogP contribution in [0.3, 0.4) is 0 Å². The van der Waals surface area contributed by atoms with Crippen LogP contribution in [-0.2, 0) is 0 Å². The summed E-state index contributed by atoms with van der Waals surface area (Å²) in [5.74, 6) is -1.17. The molecule has 1 aliphatic rings. The number of halogens is 1. The summed E-state index contributed by atoms with van der Waals surface area (Å²) in [6.07, 6.45) is 1.10. The lowest BCUT2D eigenvalue weighted by atomic mass is 9.79. The van der Waals surface area contributed by atoms with Crippen molar-refractivity contribution in [3.63, 3.8) is 0 Å². The van der Waals surface area contributed by atoms with Crippen molar-refractivity contribution in [2.24, 2.45) is 16.3 Å². The number of nitrogens with two attached hydrogens (primary N) is 1. The molecule has 4 N–H and O–H groups in total. The fourth-order valence-electron chi connectivity index (χ4n) is 2.44. The molecule has 2 rings (SSSR count). The zero-order chi connectivity index (χ0) is 15.6. The van der Waals surface area contributed by atoms with Gasteiger partial charge in [-0.15, -0.1) is 0 Å². The number of nitrogens with zero attached hydrogens (tertiary/aromatic N) is 2. The number of oxime groups is 1. The van der Waals surface area contributed by atoms with E-state index in [1.807, 2.05) is 6.92 Å². The van der Waals surface area contributed by atoms with Crippen molar-refractivity contribution in [1.82, 2.24) is 4.90 Å². The van der Waals surface area contributed by atoms with Gasteiger partial charge in [0.1, 0.15) is 17.4 Å². The Bertz CT molecular complexity index is 581. The van der Waals surface area contributed by atoms with Crippen molar-refractivity contribution in [2.45, 2.75) is 19.8 Å². The van der Waals surface area contributed by atoms with Crippen LogP contribution in [0.25, 0.3) is 0 Å². The third kappa shape index (κ3) is 2.91. The minimum absolute atomic E-state index is 0.0730. The van der Waals surface area contributed by atoms with E-state index in [4.69, 9.17) is 10.9 Å². The second-order valence-corrected chi connectivity index (χ2v) is 5.50. The molecule has 6 nitrogen and oxygen atoms in total. The van der Waals surface area contributed by atoms with Gasteiger partial charge in [0.2, 0.25) is 0 Å². The van der Waals surface area contributed by atoms with Gasteiger partial charge in [0.15, 0.2) is 0 Å². The maximum absolute atomic E-state index is 12.9. The van der Waals surface area contributed by atoms with E-state index in [1.165, 1.54) is 6.07 Å². The van der Waals surface area contributed by atoms with Gasteiger partial charge in [-0.05, 0) is 25.0 Å². The average Bonchev–Trinajstić information content (AvgIpc) is 2.46. The number of phenolic OH excluding ortho intramolecular Hbond substituents is 1. The predicted molar refractivity (Wildman–Crippen MR) is 74.7 cm³/mol. The molecular formula is C14H18FN3O3. The SMILES string of the molecule is CC1(/C(N)=N/O)CCN(C(=O)c2ccc(F)cc2O)CC1. The maximum Gasteiger partial charge on any atom is 0.257 e. The van der Waals surface area contributed by atoms with Gasteiger partial charge < -0.3 is 20.9 Å². The van der Waals surface area contributed by atoms with E-state index in [0.717, 1.165) is 12.1 Å². The number of hydrogen-bond acceptors (Lipinski definition) is 4. The average molecular weight is 295 g/mol. The Morgan fingerprint density at radius 2 is 2.05 bits per heavy atom. The first-order valence-electron chi connectivity index (χ1n) is 6.63. The largest absolute Gasteiger partial charge is 0.507 e. The van der Waals surface area contributed by atoms with Crippen LogP contribution in [0.5, 0.6) is 5.75 Å². The summed E-state index contributed by atoms with van der Waals surface area (Å²) >= 11 is 0. The van der Waals surface area contributed by atoms with Gasteiger partial charge >= 0.3 is 0 Å². The van der Waals surface area contributed by atoms with E-state index in [9.17, 15) is 14.3 Å². The summed E-state index contributed by atoms with van der Waals surface area (Å²) < 4.78 is 12.9. The lowest BCUT2D eigenvalue weighted by molar-refractivity contribution is 0.0663. The lowest BCUT2D eigenvalue weighted by Crippen LogP contribution is -2.47. The van der Waals surface area contributed by atoms with Crippen LogP contribution >= 0.6 is 0 Å². The molecule has 1 aliphatic heterocycles. The van der Waals surface area contributed by atoms with Gasteiger partial charge in [0.05, 0.1) is 5.56 Å². The first kappa shape index (κ1) is 15.1. The smallest absolute Gasteiger partial charge is 0.257 e. The molecule has 1 saturated heterocycles. The molecule has 0 aliphatic carbocycles. The standard InChI is InChI=1S/C14H18FN3O3/c1-14(13(16)17-21)4-6-18(7-5-14)12(20)10-3-2-9(15)8-11(10)19/h2-3,8,19,21H,4-7H2,1H3,(H2,16,17). The number of likely N-dealkylation sites (tertiary alicyclic amines) is 1. The minimum atomic E-state index is -0.595. The molecule has 7 heteroatoms. The van der Waals surface area contributed by atoms with Crippen molar-refractivity contribution in [3.8, 4) is 5.75 Å². The molecule has 0 aromatic heterocycles. The Hall–Kier alpha value is -2.31. The van der Waals surface area contributed by atoms with E-state index in [0.29, 0.717) is 25.9 Å². The number of amides is 1. The topological polar surface area (TPSA) is 99.2 Å². The lowest BCUT2D eigenvalue weighted by Gasteiger charge is -2.38. The molecule has 0 unspecified atom stereocenters. The van der Waals surface area contributed by atoms with Crippen LogP contribution in [0, 0.1) is 11.2 Å². The van der Waals surface area contributed by atoms with Gasteiger partial charge in [0, 0.05) is 24.6 Å². The normalized spacial score (nSPS) is 18.6. The van der Waals surface area contributed by atoms with Gasteiger partial charge in [-0.2, -0.15) is 0 Å². The van der Waals surface area contributed by atoms with Gasteiger partial charge in [0.25, 0.3) is 5.91 Å². The number of aromatic hydroxyl groups is 1. The molecule has 1 aromatic carbocycles. The van der Waals surface area contributed by atoms with Crippen LogP contribution in [0.15, 0.2) is 23.4 Å². The molecule has 0 saturated carbocycles. The van der Waals surface area contributed by atoms with Crippen molar-refractivity contribution in [3.05, 3.63) is 29.6 Å². The number of piperidine rings is 1. The highest BCUT2D eigenvalue weighted by atomic mass is 19.1. The Morgan fingerprint density at radius 1 is 1.43 bits per heavy atom. The molecule has 0 atom stereocenters. The quantitative estimate of drug-likeness (QED) is 0.333. The highest BCUT2D eigenvalue weighted by molar-refractivity contribution is 5.97. The van der Waals surface area contributed by atoms with Crippen LogP contribution in [0.1, 0.15) is 30.1 Å². The maximum atomic E-state index is 12.9. The molecule has 0 radical (unpaired) electrons. The first-order valence-corrected chi connectivity index (χ1v) is 6.63. The van der Waals surface area contributed by atoms with Gasteiger partial charge in [-0.1, -0.05) is 12.1 Å². The van der Waals surface area contributed by atoms with Crippen molar-refractivity contribution >= 4 is 11.7 Å². The van der Waals surface area contributed by atoms with Crippen LogP contribution in [-0.4, -0.2) is 40.0 Å². The molecule has 1 amide bonds. The molecule has 1 fully saturated rings. The van der Waals surface area contributed by atoms with E-state index in [-0.39, 0.29) is 23.1 Å². The number of hydrogen-bond donors (Lipinski definition) is 3. The third-order valence-electron chi connectivity index (χ3n) is 4.07. The Kier molecular flexibility index (Phi) is 4.02. The fraction of sp³-hybridized carbons (Fsp3) is 0.429. The zero-order valence-corrected chi connectivity index (χ0v) is 11.7. The van der Waals surface area contributed by atoms with Crippen molar-refractivity contribution < 1.29 is 19.5 Å². The Balaban J connectivity index is 2.10. The number of carbonyl (C=O) groups is 1. The number of rotatable bonds is 2. The molecule has 0 bridgehead atoms. The summed E-state index contributed by atoms with van der Waals surface area (Å²) in [4.78, 5) is 13.9. The third-order valence-corrected chi connectivity index (χ3v) is 4.07. The fourth-order valence-corrected chi connectivity index (χ4v) is 2.44. The Labute approximate surface area is 121 Å². The highest BCUT2D eigenvalue weighted by Gasteiger charge is 2.36. The summed E-state index contributed by atoms with van der Waals surface area (Å²) in [6, 6.07) is 3.32. The Morgan fingerprint density at radius 3 is 2.57 bits per heavy atom. The molecule has 0 spiro atoms. The van der Waals surface area contributed by atoms with Crippen LogP contribution in [0.4, 0.5) is 4.39 Å². The summed E-state index contributed by atoms with van der Waals surface area (Å²) in [5, 5.41) is 21.5. The van der Waals surface area contributed by atoms with Gasteiger partial charge in [-0.25, -0.2) is 4.39 Å². The highest BCUT2D eigenvalue weighted by Crippen LogP contribution is 2.32. The minimum Gasteiger partial charge on any atom is -0.507 e. The second kappa shape index (κ2) is 5.59. The summed E-state index contributed by atoms with van der Waals surface area (Å²) in [7, 11) is 0. The molecule has 114 valence electrons. The predicted octanol–water partition coefficient (Wildman–Crippen LogP) is 1.52. The molecule has 1 heterocycles. The number of phenols is 1. The summed E-state index contributed by atoms with van der Waals surface area (Å²) in [5.41, 5.74) is 5.30. The molecule has 1 aromatic rings. The van der Waals surface area contributed by atoms with Crippen LogP contribution < -0.4 is 5.73 Å². The van der Waals surface area contributed by atoms with Gasteiger partial charge in [-0.3, -0.25) is 4.79 Å². The van der Waals surface area contributed by atoms with E-state index < -0.39 is 11.2 Å². The van der Waals surface area contributed by atoms with Crippen molar-refractivity contribution in [2.75, 3.05) is 13.1 Å². The molecule has 21 heavy (non-hydrogen) atoms. The van der Waals surface area contributed by atoms with E-state index >= 15 is 0 Å². The zero-order valence-electron chi connectivity index (χ0n) is 11.7. The number of benzene rings is 1. The molecular weight excluding hydrogens is 277 g/mol. The van der Waals surface area contributed by atoms with E-state index in [2.05, 4.69) is 5.16 Å². The van der Waals surface area contributed by atoms with Crippen LogP contribution in [0.2, 0.25) is 0 Å². The second-order valence-electron chi connectivity index (χ2n) is 5.50. The number of amidine groups is 1. The number of carbonyl (C=O) groups excluding carboxylic acids is 1. The first-order chi connectivity index (χ1) is 9.87. The van der Waals surface area contributed by atoms with Crippen molar-refractivity contribution in [1.29, 1.82) is 0 Å². The summed E-state index contributed by atoms with van der Waals surface area (Å²) in [6.45, 7) is 2.71. The van der Waals surface area contributed by atoms with E-state index in [1.54, 1.807) is 4.90 Å².